The summed E-state index contributed by atoms with van der Waals surface area (Å²) in [5, 5.41) is 0. The molecule has 17 heavy (non-hydrogen) atoms. The Morgan fingerprint density at radius 1 is 1.12 bits per heavy atom. The lowest BCUT2D eigenvalue weighted by Gasteiger charge is -2.37. The first-order valence-corrected chi connectivity index (χ1v) is 7.12. The van der Waals surface area contributed by atoms with Crippen LogP contribution < -0.4 is 5.73 Å². The molecule has 2 aliphatic rings. The van der Waals surface area contributed by atoms with Gasteiger partial charge < -0.3 is 10.5 Å². The molecule has 0 radical (unpaired) electrons. The highest BCUT2D eigenvalue weighted by Gasteiger charge is 2.35. The fraction of sp³-hybridized carbons (Fsp3) is 0.929. The summed E-state index contributed by atoms with van der Waals surface area (Å²) in [6.07, 6.45) is 11.3. The Balaban J connectivity index is 1.64. The first-order chi connectivity index (χ1) is 8.18. The van der Waals surface area contributed by atoms with Gasteiger partial charge in [0.25, 0.3) is 0 Å². The van der Waals surface area contributed by atoms with Crippen molar-refractivity contribution in [1.29, 1.82) is 0 Å². The van der Waals surface area contributed by atoms with Crippen LogP contribution in [0.15, 0.2) is 0 Å². The van der Waals surface area contributed by atoms with Crippen LogP contribution in [0.2, 0.25) is 0 Å². The Bertz CT molecular complexity index is 253. The molecule has 2 fully saturated rings. The van der Waals surface area contributed by atoms with Gasteiger partial charge in [-0.25, -0.2) is 0 Å². The van der Waals surface area contributed by atoms with Crippen molar-refractivity contribution in [3.63, 3.8) is 0 Å². The number of carbonyl (C=O) groups excluding carboxylic acids is 1. The van der Waals surface area contributed by atoms with E-state index in [9.17, 15) is 4.79 Å². The normalized spacial score (nSPS) is 24.8. The van der Waals surface area contributed by atoms with Crippen molar-refractivity contribution < 1.29 is 9.53 Å². The van der Waals surface area contributed by atoms with Gasteiger partial charge in [-0.15, -0.1) is 0 Å². The summed E-state index contributed by atoms with van der Waals surface area (Å²) in [5.74, 6) is 0.507. The predicted octanol–water partition coefficient (Wildman–Crippen LogP) is 2.77. The summed E-state index contributed by atoms with van der Waals surface area (Å²) in [7, 11) is 0. The highest BCUT2D eigenvalue weighted by atomic mass is 16.5. The number of ether oxygens (including phenoxy) is 1. The molecule has 0 atom stereocenters. The summed E-state index contributed by atoms with van der Waals surface area (Å²) in [4.78, 5) is 11.7. The molecule has 0 amide bonds. The molecule has 2 saturated carbocycles. The van der Waals surface area contributed by atoms with Gasteiger partial charge in [-0.2, -0.15) is 0 Å². The minimum Gasteiger partial charge on any atom is -0.465 e. The Morgan fingerprint density at radius 2 is 1.76 bits per heavy atom. The Hall–Kier alpha value is -0.570. The molecule has 0 aliphatic heterocycles. The smallest absolute Gasteiger partial charge is 0.307 e. The number of esters is 1. The molecule has 0 saturated heterocycles. The second-order valence-corrected chi connectivity index (χ2v) is 5.93. The molecule has 2 rings (SSSR count). The van der Waals surface area contributed by atoms with E-state index in [4.69, 9.17) is 10.5 Å². The molecular formula is C14H25NO2. The van der Waals surface area contributed by atoms with Gasteiger partial charge in [-0.3, -0.25) is 4.79 Å². The molecule has 2 aliphatic carbocycles. The van der Waals surface area contributed by atoms with Crippen LogP contribution in [0, 0.1) is 5.92 Å². The molecule has 2 N–H and O–H groups in total. The van der Waals surface area contributed by atoms with E-state index in [1.807, 2.05) is 0 Å². The van der Waals surface area contributed by atoms with Gasteiger partial charge in [-0.05, 0) is 38.0 Å². The van der Waals surface area contributed by atoms with E-state index < -0.39 is 0 Å². The summed E-state index contributed by atoms with van der Waals surface area (Å²) < 4.78 is 5.39. The van der Waals surface area contributed by atoms with Crippen molar-refractivity contribution in [2.24, 2.45) is 11.7 Å². The van der Waals surface area contributed by atoms with Gasteiger partial charge in [0.1, 0.15) is 0 Å². The minimum absolute atomic E-state index is 0.0866. The second kappa shape index (κ2) is 5.85. The molecule has 98 valence electrons. The topological polar surface area (TPSA) is 52.3 Å². The number of hydrogen-bond acceptors (Lipinski definition) is 3. The van der Waals surface area contributed by atoms with Crippen LogP contribution in [-0.4, -0.2) is 18.1 Å². The summed E-state index contributed by atoms with van der Waals surface area (Å²) in [6, 6.07) is 0. The van der Waals surface area contributed by atoms with Crippen LogP contribution in [0.1, 0.15) is 64.2 Å². The van der Waals surface area contributed by atoms with E-state index in [0.29, 0.717) is 18.9 Å². The molecule has 3 heteroatoms. The molecule has 0 aromatic carbocycles. The Morgan fingerprint density at radius 3 is 2.29 bits per heavy atom. The number of carbonyl (C=O) groups is 1. The predicted molar refractivity (Wildman–Crippen MR) is 67.5 cm³/mol. The zero-order valence-corrected chi connectivity index (χ0v) is 10.7. The largest absolute Gasteiger partial charge is 0.465 e. The molecule has 0 spiro atoms. The van der Waals surface area contributed by atoms with Crippen molar-refractivity contribution in [1.82, 2.24) is 0 Å². The average Bonchev–Trinajstić information content (AvgIpc) is 2.52. The zero-order chi connectivity index (χ0) is 12.1. The first kappa shape index (κ1) is 12.9. The number of hydrogen-bond donors (Lipinski definition) is 1. The van der Waals surface area contributed by atoms with Crippen LogP contribution >= 0.6 is 0 Å². The van der Waals surface area contributed by atoms with Gasteiger partial charge in [0.15, 0.2) is 0 Å². The SMILES string of the molecule is NC1(CC(=O)OCC2CCCCCC2)CCC1. The van der Waals surface area contributed by atoms with Crippen LogP contribution in [0.25, 0.3) is 0 Å². The molecule has 0 aromatic rings. The first-order valence-electron chi connectivity index (χ1n) is 7.12. The third-order valence-corrected chi connectivity index (χ3v) is 4.30. The summed E-state index contributed by atoms with van der Waals surface area (Å²) in [5.41, 5.74) is 5.80. The van der Waals surface area contributed by atoms with Crippen LogP contribution in [0.3, 0.4) is 0 Å². The quantitative estimate of drug-likeness (QED) is 0.606. The minimum atomic E-state index is -0.236. The third-order valence-electron chi connectivity index (χ3n) is 4.30. The van der Waals surface area contributed by atoms with Crippen molar-refractivity contribution in [3.8, 4) is 0 Å². The van der Waals surface area contributed by atoms with E-state index in [0.717, 1.165) is 19.3 Å². The van der Waals surface area contributed by atoms with Crippen LogP contribution in [0.4, 0.5) is 0 Å². The molecule has 3 nitrogen and oxygen atoms in total. The lowest BCUT2D eigenvalue weighted by atomic mass is 9.75. The number of rotatable bonds is 4. The molecule has 0 bridgehead atoms. The molecule has 0 aromatic heterocycles. The van der Waals surface area contributed by atoms with Crippen molar-refractivity contribution >= 4 is 5.97 Å². The maximum atomic E-state index is 11.7. The number of nitrogens with two attached hydrogens (primary N) is 1. The molecule has 0 heterocycles. The maximum absolute atomic E-state index is 11.7. The van der Waals surface area contributed by atoms with Crippen molar-refractivity contribution in [2.45, 2.75) is 69.7 Å². The van der Waals surface area contributed by atoms with E-state index in [2.05, 4.69) is 0 Å². The lowest BCUT2D eigenvalue weighted by molar-refractivity contribution is -0.147. The summed E-state index contributed by atoms with van der Waals surface area (Å²) >= 11 is 0. The standard InChI is InChI=1S/C14H25NO2/c15-14(8-5-9-14)10-13(16)17-11-12-6-3-1-2-4-7-12/h12H,1-11,15H2. The van der Waals surface area contributed by atoms with Crippen LogP contribution in [0.5, 0.6) is 0 Å². The monoisotopic (exact) mass is 239 g/mol. The maximum Gasteiger partial charge on any atom is 0.307 e. The average molecular weight is 239 g/mol. The van der Waals surface area contributed by atoms with Crippen molar-refractivity contribution in [2.75, 3.05) is 6.61 Å². The van der Waals surface area contributed by atoms with Gasteiger partial charge in [0, 0.05) is 5.54 Å². The summed E-state index contributed by atoms with van der Waals surface area (Å²) in [6.45, 7) is 0.620. The van der Waals surface area contributed by atoms with E-state index >= 15 is 0 Å². The highest BCUT2D eigenvalue weighted by molar-refractivity contribution is 5.71. The van der Waals surface area contributed by atoms with E-state index in [1.54, 1.807) is 0 Å². The fourth-order valence-electron chi connectivity index (χ4n) is 2.89. The Labute approximate surface area is 104 Å². The zero-order valence-electron chi connectivity index (χ0n) is 10.7. The van der Waals surface area contributed by atoms with Crippen molar-refractivity contribution in [3.05, 3.63) is 0 Å². The van der Waals surface area contributed by atoms with Gasteiger partial charge in [0.2, 0.25) is 0 Å². The van der Waals surface area contributed by atoms with Gasteiger partial charge in [0.05, 0.1) is 13.0 Å². The van der Waals surface area contributed by atoms with E-state index in [1.165, 1.54) is 38.5 Å². The fourth-order valence-corrected chi connectivity index (χ4v) is 2.89. The van der Waals surface area contributed by atoms with Gasteiger partial charge in [-0.1, -0.05) is 25.7 Å². The van der Waals surface area contributed by atoms with E-state index in [-0.39, 0.29) is 11.5 Å². The third kappa shape index (κ3) is 3.98. The molecule has 0 unspecified atom stereocenters. The Kier molecular flexibility index (Phi) is 4.43. The van der Waals surface area contributed by atoms with Crippen LogP contribution in [-0.2, 0) is 9.53 Å². The highest BCUT2D eigenvalue weighted by Crippen LogP contribution is 2.32. The molecular weight excluding hydrogens is 214 g/mol. The van der Waals surface area contributed by atoms with Gasteiger partial charge >= 0.3 is 5.97 Å². The lowest BCUT2D eigenvalue weighted by Crippen LogP contribution is -2.48. The second-order valence-electron chi connectivity index (χ2n) is 5.93.